The molecule has 0 aliphatic carbocycles. The average molecular weight is 361 g/mol. The Balaban J connectivity index is 1.51. The summed E-state index contributed by atoms with van der Waals surface area (Å²) in [6.07, 6.45) is 0.324. The molecule has 128 valence electrons. The number of hydrogen-bond acceptors (Lipinski definition) is 4. The van der Waals surface area contributed by atoms with Crippen molar-refractivity contribution in [1.82, 2.24) is 15.5 Å². The van der Waals surface area contributed by atoms with Gasteiger partial charge in [0.05, 0.1) is 5.56 Å². The second-order valence-electron chi connectivity index (χ2n) is 5.12. The standard InChI is InChI=1S/C17H14ClFN4O2/c18-11-4-3-5-12(10-11)21-17(24)20-9-8-15-22-23-16(25-15)13-6-1-2-7-14(13)19/h1-7,10H,8-9H2,(H2,20,21,24). The Morgan fingerprint density at radius 2 is 2.00 bits per heavy atom. The Morgan fingerprint density at radius 1 is 1.16 bits per heavy atom. The minimum absolute atomic E-state index is 0.108. The molecule has 2 N–H and O–H groups in total. The van der Waals surface area contributed by atoms with Crippen LogP contribution < -0.4 is 10.6 Å². The lowest BCUT2D eigenvalue weighted by Gasteiger charge is -2.06. The second-order valence-corrected chi connectivity index (χ2v) is 5.56. The first-order valence-corrected chi connectivity index (χ1v) is 7.87. The van der Waals surface area contributed by atoms with Gasteiger partial charge in [0.25, 0.3) is 5.89 Å². The van der Waals surface area contributed by atoms with Gasteiger partial charge < -0.3 is 15.1 Å². The van der Waals surface area contributed by atoms with E-state index >= 15 is 0 Å². The predicted octanol–water partition coefficient (Wildman–Crippen LogP) is 3.89. The van der Waals surface area contributed by atoms with Crippen molar-refractivity contribution in [3.8, 4) is 11.5 Å². The van der Waals surface area contributed by atoms with Gasteiger partial charge in [0.2, 0.25) is 5.89 Å². The maximum atomic E-state index is 13.7. The van der Waals surface area contributed by atoms with E-state index in [2.05, 4.69) is 20.8 Å². The van der Waals surface area contributed by atoms with Gasteiger partial charge in [-0.25, -0.2) is 9.18 Å². The number of urea groups is 1. The maximum absolute atomic E-state index is 13.7. The Morgan fingerprint density at radius 3 is 2.80 bits per heavy atom. The summed E-state index contributed by atoms with van der Waals surface area (Å²) < 4.78 is 19.1. The molecule has 0 saturated carbocycles. The number of anilines is 1. The van der Waals surface area contributed by atoms with E-state index in [-0.39, 0.29) is 24.0 Å². The van der Waals surface area contributed by atoms with Crippen molar-refractivity contribution in [2.75, 3.05) is 11.9 Å². The number of aromatic nitrogens is 2. The molecule has 8 heteroatoms. The van der Waals surface area contributed by atoms with E-state index in [0.717, 1.165) is 0 Å². The molecule has 0 aliphatic heterocycles. The highest BCUT2D eigenvalue weighted by atomic mass is 35.5. The van der Waals surface area contributed by atoms with Crippen LogP contribution in [0.2, 0.25) is 5.02 Å². The number of hydrogen-bond donors (Lipinski definition) is 2. The van der Waals surface area contributed by atoms with Gasteiger partial charge in [-0.1, -0.05) is 29.8 Å². The summed E-state index contributed by atoms with van der Waals surface area (Å²) in [5.74, 6) is -0.0190. The predicted molar refractivity (Wildman–Crippen MR) is 91.9 cm³/mol. The number of amides is 2. The first kappa shape index (κ1) is 16.9. The molecule has 0 radical (unpaired) electrons. The Hall–Kier alpha value is -2.93. The molecule has 3 aromatic rings. The Labute approximate surface area is 148 Å². The zero-order chi connectivity index (χ0) is 17.6. The molecule has 0 fully saturated rings. The summed E-state index contributed by atoms with van der Waals surface area (Å²) in [6.45, 7) is 0.283. The molecule has 0 atom stereocenters. The van der Waals surface area contributed by atoms with E-state index in [1.54, 1.807) is 42.5 Å². The summed E-state index contributed by atoms with van der Waals surface area (Å²) in [7, 11) is 0. The Bertz CT molecular complexity index is 884. The van der Waals surface area contributed by atoms with Gasteiger partial charge in [-0.3, -0.25) is 0 Å². The van der Waals surface area contributed by atoms with Gasteiger partial charge in [-0.05, 0) is 30.3 Å². The minimum Gasteiger partial charge on any atom is -0.421 e. The van der Waals surface area contributed by atoms with Crippen LogP contribution in [0.5, 0.6) is 0 Å². The lowest BCUT2D eigenvalue weighted by atomic mass is 10.2. The van der Waals surface area contributed by atoms with Crippen LogP contribution in [-0.2, 0) is 6.42 Å². The molecule has 1 heterocycles. The second kappa shape index (κ2) is 7.76. The van der Waals surface area contributed by atoms with E-state index < -0.39 is 5.82 Å². The van der Waals surface area contributed by atoms with E-state index in [4.69, 9.17) is 16.0 Å². The number of halogens is 2. The summed E-state index contributed by atoms with van der Waals surface area (Å²) >= 11 is 5.85. The molecule has 0 bridgehead atoms. The van der Waals surface area contributed by atoms with Crippen LogP contribution in [-0.4, -0.2) is 22.8 Å². The van der Waals surface area contributed by atoms with Gasteiger partial charge in [0.15, 0.2) is 0 Å². The normalized spacial score (nSPS) is 10.5. The summed E-state index contributed by atoms with van der Waals surface area (Å²) in [6, 6.07) is 12.6. The van der Waals surface area contributed by atoms with Crippen LogP contribution in [0.15, 0.2) is 52.9 Å². The number of nitrogens with zero attached hydrogens (tertiary/aromatic N) is 2. The van der Waals surface area contributed by atoms with Crippen LogP contribution in [0.1, 0.15) is 5.89 Å². The maximum Gasteiger partial charge on any atom is 0.319 e. The molecule has 1 aromatic heterocycles. The molecular formula is C17H14ClFN4O2. The topological polar surface area (TPSA) is 80.1 Å². The molecule has 3 rings (SSSR count). The van der Waals surface area contributed by atoms with Gasteiger partial charge in [0, 0.05) is 23.7 Å². The summed E-state index contributed by atoms with van der Waals surface area (Å²) in [4.78, 5) is 11.8. The molecule has 0 spiro atoms. The number of carbonyl (C=O) groups is 1. The molecule has 0 aliphatic rings. The fraction of sp³-hybridized carbons (Fsp3) is 0.118. The van der Waals surface area contributed by atoms with Crippen molar-refractivity contribution in [2.24, 2.45) is 0 Å². The quantitative estimate of drug-likeness (QED) is 0.723. The Kier molecular flexibility index (Phi) is 5.25. The SMILES string of the molecule is O=C(NCCc1nnc(-c2ccccc2F)o1)Nc1cccc(Cl)c1. The van der Waals surface area contributed by atoms with Gasteiger partial charge in [-0.2, -0.15) is 0 Å². The lowest BCUT2D eigenvalue weighted by molar-refractivity contribution is 0.252. The van der Waals surface area contributed by atoms with Crippen molar-refractivity contribution < 1.29 is 13.6 Å². The van der Waals surface area contributed by atoms with Crippen molar-refractivity contribution in [3.05, 3.63) is 65.3 Å². The monoisotopic (exact) mass is 360 g/mol. The van der Waals surface area contributed by atoms with E-state index in [1.807, 2.05) is 0 Å². The largest absolute Gasteiger partial charge is 0.421 e. The lowest BCUT2D eigenvalue weighted by Crippen LogP contribution is -2.30. The number of rotatable bonds is 5. The highest BCUT2D eigenvalue weighted by Crippen LogP contribution is 2.20. The number of carbonyl (C=O) groups excluding carboxylic acids is 1. The fourth-order valence-corrected chi connectivity index (χ4v) is 2.31. The molecule has 6 nitrogen and oxygen atoms in total. The molecule has 25 heavy (non-hydrogen) atoms. The molecule has 2 aromatic carbocycles. The van der Waals surface area contributed by atoms with Crippen LogP contribution in [0.3, 0.4) is 0 Å². The highest BCUT2D eigenvalue weighted by Gasteiger charge is 2.12. The molecule has 2 amide bonds. The third-order valence-corrected chi connectivity index (χ3v) is 3.51. The fourth-order valence-electron chi connectivity index (χ4n) is 2.12. The van der Waals surface area contributed by atoms with Gasteiger partial charge in [0.1, 0.15) is 5.82 Å². The molecule has 0 saturated heterocycles. The van der Waals surface area contributed by atoms with Crippen molar-refractivity contribution in [3.63, 3.8) is 0 Å². The van der Waals surface area contributed by atoms with Gasteiger partial charge in [-0.15, -0.1) is 10.2 Å². The van der Waals surface area contributed by atoms with E-state index in [9.17, 15) is 9.18 Å². The first-order chi connectivity index (χ1) is 12.1. The first-order valence-electron chi connectivity index (χ1n) is 7.49. The number of nitrogens with one attached hydrogen (secondary N) is 2. The minimum atomic E-state index is -0.434. The van der Waals surface area contributed by atoms with Crippen molar-refractivity contribution >= 4 is 23.3 Å². The molecular weight excluding hydrogens is 347 g/mol. The third-order valence-electron chi connectivity index (χ3n) is 3.28. The van der Waals surface area contributed by atoms with E-state index in [1.165, 1.54) is 6.07 Å². The average Bonchev–Trinajstić information content (AvgIpc) is 3.04. The van der Waals surface area contributed by atoms with Gasteiger partial charge >= 0.3 is 6.03 Å². The zero-order valence-electron chi connectivity index (χ0n) is 13.0. The zero-order valence-corrected chi connectivity index (χ0v) is 13.8. The number of benzene rings is 2. The van der Waals surface area contributed by atoms with Crippen LogP contribution in [0.25, 0.3) is 11.5 Å². The summed E-state index contributed by atoms with van der Waals surface area (Å²) in [5, 5.41) is 13.5. The van der Waals surface area contributed by atoms with Crippen LogP contribution >= 0.6 is 11.6 Å². The van der Waals surface area contributed by atoms with Crippen LogP contribution in [0, 0.1) is 5.82 Å². The smallest absolute Gasteiger partial charge is 0.319 e. The summed E-state index contributed by atoms with van der Waals surface area (Å²) in [5.41, 5.74) is 0.831. The highest BCUT2D eigenvalue weighted by molar-refractivity contribution is 6.30. The van der Waals surface area contributed by atoms with Crippen molar-refractivity contribution in [2.45, 2.75) is 6.42 Å². The van der Waals surface area contributed by atoms with Crippen molar-refractivity contribution in [1.29, 1.82) is 0 Å². The third kappa shape index (κ3) is 4.54. The van der Waals surface area contributed by atoms with Crippen LogP contribution in [0.4, 0.5) is 14.9 Å². The molecule has 0 unspecified atom stereocenters. The van der Waals surface area contributed by atoms with E-state index in [0.29, 0.717) is 23.0 Å².